The Morgan fingerprint density at radius 3 is 2.15 bits per heavy atom. The molecule has 0 rings (SSSR count). The Balaban J connectivity index is 4.19. The van der Waals surface area contributed by atoms with Crippen LogP contribution in [0.15, 0.2) is 4.99 Å². The van der Waals surface area contributed by atoms with Gasteiger partial charge < -0.3 is 21.3 Å². The standard InChI is InChI=1S/C13H27N5O2/c1-6-14-12(16-8-7-15-10(2)19)17-9-11(20)18-13(3,4)5/h6-9H2,1-5H3,(H,15,19)(H,18,20)(H2,14,16,17). The van der Waals surface area contributed by atoms with Gasteiger partial charge in [-0.05, 0) is 27.7 Å². The molecule has 0 saturated carbocycles. The molecule has 0 aromatic carbocycles. The highest BCUT2D eigenvalue weighted by atomic mass is 16.2. The third-order valence-electron chi connectivity index (χ3n) is 2.03. The zero-order valence-electron chi connectivity index (χ0n) is 13.1. The van der Waals surface area contributed by atoms with Crippen molar-refractivity contribution in [2.24, 2.45) is 4.99 Å². The minimum atomic E-state index is -0.260. The average molecular weight is 285 g/mol. The van der Waals surface area contributed by atoms with E-state index >= 15 is 0 Å². The van der Waals surface area contributed by atoms with Crippen LogP contribution in [0.4, 0.5) is 0 Å². The molecule has 7 heteroatoms. The van der Waals surface area contributed by atoms with Crippen LogP contribution >= 0.6 is 0 Å². The fourth-order valence-corrected chi connectivity index (χ4v) is 1.37. The Labute approximate surface area is 121 Å². The van der Waals surface area contributed by atoms with Gasteiger partial charge in [0, 0.05) is 32.1 Å². The molecule has 7 nitrogen and oxygen atoms in total. The second kappa shape index (κ2) is 9.17. The molecule has 0 spiro atoms. The first kappa shape index (κ1) is 18.2. The quantitative estimate of drug-likeness (QED) is 0.303. The fraction of sp³-hybridized carbons (Fsp3) is 0.769. The van der Waals surface area contributed by atoms with E-state index in [9.17, 15) is 9.59 Å². The molecule has 0 radical (unpaired) electrons. The lowest BCUT2D eigenvalue weighted by Gasteiger charge is -2.20. The molecule has 0 aliphatic heterocycles. The maximum absolute atomic E-state index is 11.7. The highest BCUT2D eigenvalue weighted by molar-refractivity contribution is 5.85. The molecule has 0 unspecified atom stereocenters. The van der Waals surface area contributed by atoms with Crippen LogP contribution < -0.4 is 21.3 Å². The molecule has 2 amide bonds. The van der Waals surface area contributed by atoms with Crippen LogP contribution in [0.5, 0.6) is 0 Å². The van der Waals surface area contributed by atoms with Crippen molar-refractivity contribution in [1.82, 2.24) is 21.3 Å². The van der Waals surface area contributed by atoms with Crippen molar-refractivity contribution in [2.45, 2.75) is 40.2 Å². The van der Waals surface area contributed by atoms with Crippen LogP contribution in [0.2, 0.25) is 0 Å². The van der Waals surface area contributed by atoms with Crippen LogP contribution in [-0.4, -0.2) is 49.5 Å². The second-order valence-electron chi connectivity index (χ2n) is 5.40. The lowest BCUT2D eigenvalue weighted by atomic mass is 10.1. The average Bonchev–Trinajstić information content (AvgIpc) is 2.28. The Morgan fingerprint density at radius 2 is 1.65 bits per heavy atom. The SMILES string of the molecule is CCNC(=NCC(=O)NC(C)(C)C)NCCNC(C)=O. The molecule has 4 N–H and O–H groups in total. The van der Waals surface area contributed by atoms with Crippen molar-refractivity contribution < 1.29 is 9.59 Å². The molecule has 0 saturated heterocycles. The van der Waals surface area contributed by atoms with Crippen LogP contribution in [0, 0.1) is 0 Å². The summed E-state index contributed by atoms with van der Waals surface area (Å²) in [5.41, 5.74) is -0.260. The monoisotopic (exact) mass is 285 g/mol. The molecule has 20 heavy (non-hydrogen) atoms. The lowest BCUT2D eigenvalue weighted by molar-refractivity contribution is -0.121. The molecule has 0 aromatic rings. The highest BCUT2D eigenvalue weighted by Crippen LogP contribution is 1.97. The number of hydrogen-bond acceptors (Lipinski definition) is 3. The summed E-state index contributed by atoms with van der Waals surface area (Å²) in [7, 11) is 0. The maximum Gasteiger partial charge on any atom is 0.242 e. The van der Waals surface area contributed by atoms with Crippen molar-refractivity contribution in [3.63, 3.8) is 0 Å². The summed E-state index contributed by atoms with van der Waals surface area (Å²) in [6.07, 6.45) is 0. The number of aliphatic imine (C=N–C) groups is 1. The van der Waals surface area contributed by atoms with Gasteiger partial charge in [-0.2, -0.15) is 0 Å². The van der Waals surface area contributed by atoms with E-state index in [0.717, 1.165) is 0 Å². The summed E-state index contributed by atoms with van der Waals surface area (Å²) in [6.45, 7) is 11.0. The smallest absolute Gasteiger partial charge is 0.242 e. The lowest BCUT2D eigenvalue weighted by Crippen LogP contribution is -2.44. The van der Waals surface area contributed by atoms with Crippen LogP contribution in [0.1, 0.15) is 34.6 Å². The zero-order valence-corrected chi connectivity index (χ0v) is 13.1. The number of carbonyl (C=O) groups is 2. The fourth-order valence-electron chi connectivity index (χ4n) is 1.37. The number of amides is 2. The third kappa shape index (κ3) is 11.3. The van der Waals surface area contributed by atoms with E-state index in [1.54, 1.807) is 0 Å². The molecule has 0 aliphatic carbocycles. The number of guanidine groups is 1. The van der Waals surface area contributed by atoms with Gasteiger partial charge in [0.2, 0.25) is 11.8 Å². The number of rotatable bonds is 6. The van der Waals surface area contributed by atoms with E-state index in [2.05, 4.69) is 26.3 Å². The van der Waals surface area contributed by atoms with Gasteiger partial charge in [0.05, 0.1) is 0 Å². The number of nitrogens with one attached hydrogen (secondary N) is 4. The first-order chi connectivity index (χ1) is 9.24. The normalized spacial score (nSPS) is 11.8. The molecule has 0 aromatic heterocycles. The van der Waals surface area contributed by atoms with Gasteiger partial charge in [0.15, 0.2) is 5.96 Å². The maximum atomic E-state index is 11.7. The van der Waals surface area contributed by atoms with E-state index in [1.807, 2.05) is 27.7 Å². The summed E-state index contributed by atoms with van der Waals surface area (Å²) in [5.74, 6) is 0.358. The minimum Gasteiger partial charge on any atom is -0.357 e. The van der Waals surface area contributed by atoms with Gasteiger partial charge in [0.1, 0.15) is 6.54 Å². The zero-order chi connectivity index (χ0) is 15.6. The summed E-state index contributed by atoms with van der Waals surface area (Å²) in [5, 5.41) is 11.6. The molecular formula is C13H27N5O2. The topological polar surface area (TPSA) is 94.6 Å². The minimum absolute atomic E-state index is 0.0622. The van der Waals surface area contributed by atoms with Gasteiger partial charge in [-0.1, -0.05) is 0 Å². The van der Waals surface area contributed by atoms with Crippen LogP contribution in [0.25, 0.3) is 0 Å². The van der Waals surface area contributed by atoms with Crippen LogP contribution in [0.3, 0.4) is 0 Å². The predicted molar refractivity (Wildman–Crippen MR) is 80.6 cm³/mol. The van der Waals surface area contributed by atoms with Crippen molar-refractivity contribution in [2.75, 3.05) is 26.2 Å². The van der Waals surface area contributed by atoms with E-state index < -0.39 is 0 Å². The predicted octanol–water partition coefficient (Wildman–Crippen LogP) is -0.408. The molecule has 0 bridgehead atoms. The van der Waals surface area contributed by atoms with Crippen molar-refractivity contribution in [3.8, 4) is 0 Å². The summed E-state index contributed by atoms with van der Waals surface area (Å²) >= 11 is 0. The van der Waals surface area contributed by atoms with Crippen molar-refractivity contribution in [3.05, 3.63) is 0 Å². The highest BCUT2D eigenvalue weighted by Gasteiger charge is 2.13. The first-order valence-corrected chi connectivity index (χ1v) is 6.82. The molecule has 116 valence electrons. The second-order valence-corrected chi connectivity index (χ2v) is 5.40. The van der Waals surface area contributed by atoms with Gasteiger partial charge in [-0.3, -0.25) is 9.59 Å². The summed E-state index contributed by atoms with van der Waals surface area (Å²) in [6, 6.07) is 0. The Kier molecular flexibility index (Phi) is 8.35. The first-order valence-electron chi connectivity index (χ1n) is 6.82. The van der Waals surface area contributed by atoms with Gasteiger partial charge in [-0.15, -0.1) is 0 Å². The molecular weight excluding hydrogens is 258 g/mol. The third-order valence-corrected chi connectivity index (χ3v) is 2.03. The molecule has 0 fully saturated rings. The van der Waals surface area contributed by atoms with Gasteiger partial charge in [0.25, 0.3) is 0 Å². The van der Waals surface area contributed by atoms with Gasteiger partial charge >= 0.3 is 0 Å². The van der Waals surface area contributed by atoms with E-state index in [1.165, 1.54) is 6.92 Å². The number of nitrogens with zero attached hydrogens (tertiary/aromatic N) is 1. The summed E-state index contributed by atoms with van der Waals surface area (Å²) in [4.78, 5) is 26.6. The van der Waals surface area contributed by atoms with Crippen LogP contribution in [-0.2, 0) is 9.59 Å². The molecule has 0 aliphatic rings. The largest absolute Gasteiger partial charge is 0.357 e. The Bertz CT molecular complexity index is 347. The van der Waals surface area contributed by atoms with Crippen molar-refractivity contribution >= 4 is 17.8 Å². The van der Waals surface area contributed by atoms with Crippen molar-refractivity contribution in [1.29, 1.82) is 0 Å². The van der Waals surface area contributed by atoms with E-state index in [4.69, 9.17) is 0 Å². The van der Waals surface area contributed by atoms with E-state index in [0.29, 0.717) is 25.6 Å². The number of hydrogen-bond donors (Lipinski definition) is 4. The summed E-state index contributed by atoms with van der Waals surface area (Å²) < 4.78 is 0. The molecule has 0 atom stereocenters. The Hall–Kier alpha value is -1.79. The Morgan fingerprint density at radius 1 is 1.05 bits per heavy atom. The number of carbonyl (C=O) groups excluding carboxylic acids is 2. The van der Waals surface area contributed by atoms with E-state index in [-0.39, 0.29) is 23.9 Å². The van der Waals surface area contributed by atoms with Gasteiger partial charge in [-0.25, -0.2) is 4.99 Å². The molecule has 0 heterocycles.